The highest BCUT2D eigenvalue weighted by molar-refractivity contribution is 6.66. The van der Waals surface area contributed by atoms with Crippen LogP contribution in [-0.2, 0) is 14.4 Å². The van der Waals surface area contributed by atoms with Crippen molar-refractivity contribution >= 4 is 68.5 Å². The lowest BCUT2D eigenvalue weighted by molar-refractivity contribution is -0.385. The van der Waals surface area contributed by atoms with Gasteiger partial charge in [-0.25, -0.2) is 4.39 Å². The highest BCUT2D eigenvalue weighted by atomic mass is 35.5. The number of non-ortho nitro benzene ring substituents is 3. The van der Waals surface area contributed by atoms with Crippen LogP contribution in [0.25, 0.3) is 0 Å². The van der Waals surface area contributed by atoms with Crippen LogP contribution in [0.3, 0.4) is 0 Å². The number of nitrogen functional groups attached to an aromatic ring is 2. The van der Waals surface area contributed by atoms with Crippen molar-refractivity contribution in [2.45, 2.75) is 35.1 Å². The van der Waals surface area contributed by atoms with Crippen molar-refractivity contribution in [1.82, 2.24) is 6.15 Å². The third kappa shape index (κ3) is 21.2. The van der Waals surface area contributed by atoms with Gasteiger partial charge in [0.1, 0.15) is 5.82 Å². The van der Waals surface area contributed by atoms with Crippen molar-refractivity contribution in [3.63, 3.8) is 0 Å². The first-order valence-corrected chi connectivity index (χ1v) is 15.8. The number of anilines is 4. The molecule has 0 saturated carbocycles. The second kappa shape index (κ2) is 27.3. The van der Waals surface area contributed by atoms with E-state index in [2.05, 4.69) is 30.4 Å². The first-order valence-electron chi connectivity index (χ1n) is 15.4. The van der Waals surface area contributed by atoms with Gasteiger partial charge in [-0.1, -0.05) is 45.4 Å². The number of hydrogen-bond donors (Lipinski definition) is 5. The monoisotopic (exact) mass is 812 g/mol. The summed E-state index contributed by atoms with van der Waals surface area (Å²) in [5.74, 6) is -1.16. The zero-order valence-corrected chi connectivity index (χ0v) is 31.7. The van der Waals surface area contributed by atoms with Gasteiger partial charge in [0.25, 0.3) is 17.1 Å². The maximum atomic E-state index is 12.6. The van der Waals surface area contributed by atoms with Crippen molar-refractivity contribution in [2.24, 2.45) is 0 Å². The molecule has 17 nitrogen and oxygen atoms in total. The van der Waals surface area contributed by atoms with Gasteiger partial charge in [0.05, 0.1) is 26.5 Å². The molecule has 0 aliphatic carbocycles. The third-order valence-electron chi connectivity index (χ3n) is 6.58. The molecule has 0 saturated heterocycles. The first kappa shape index (κ1) is 54.0. The van der Waals surface area contributed by atoms with E-state index in [9.17, 15) is 49.1 Å². The summed E-state index contributed by atoms with van der Waals surface area (Å²) >= 11 is 4.71. The lowest BCUT2D eigenvalue weighted by Crippen LogP contribution is -2.08. The Bertz CT molecular complexity index is 2020. The molecule has 0 heterocycles. The molecule has 57 heavy (non-hydrogen) atoms. The number of nitro groups is 3. The molecular formula is C38H46ClFN8O9. The molecule has 4 aromatic rings. The highest BCUT2D eigenvalue weighted by Gasteiger charge is 2.10. The summed E-state index contributed by atoms with van der Waals surface area (Å²) < 4.78 is 12.6. The van der Waals surface area contributed by atoms with Gasteiger partial charge >= 0.3 is 0 Å². The van der Waals surface area contributed by atoms with Crippen LogP contribution >= 0.6 is 11.6 Å². The minimum atomic E-state index is -0.622. The molecule has 4 aromatic carbocycles. The Morgan fingerprint density at radius 3 is 1.35 bits per heavy atom. The molecule has 2 amide bonds. The molecule has 0 fully saturated rings. The molecule has 9 N–H and O–H groups in total. The van der Waals surface area contributed by atoms with Gasteiger partial charge in [0.15, 0.2) is 0 Å². The van der Waals surface area contributed by atoms with Crippen molar-refractivity contribution < 1.29 is 33.5 Å². The summed E-state index contributed by atoms with van der Waals surface area (Å²) in [6.07, 6.45) is 3.38. The van der Waals surface area contributed by atoms with E-state index < -0.39 is 31.7 Å². The van der Waals surface area contributed by atoms with E-state index in [0.717, 1.165) is 40.6 Å². The molecule has 0 unspecified atom stereocenters. The Kier molecular flexibility index (Phi) is 25.9. The second-order valence-corrected chi connectivity index (χ2v) is 11.1. The van der Waals surface area contributed by atoms with E-state index in [-0.39, 0.29) is 36.5 Å². The largest absolute Gasteiger partial charge is 0.399 e. The van der Waals surface area contributed by atoms with Crippen LogP contribution in [0, 0.1) is 63.9 Å². The minimum absolute atomic E-state index is 0. The van der Waals surface area contributed by atoms with E-state index in [4.69, 9.17) is 23.1 Å². The van der Waals surface area contributed by atoms with Gasteiger partial charge < -0.3 is 28.3 Å². The molecule has 0 bridgehead atoms. The predicted octanol–water partition coefficient (Wildman–Crippen LogP) is 8.99. The standard InChI is InChI=1S/C10H10N2O3.C10H12N2O.C7H6FNO2.C7H8N2O2.C3H3ClO.CH4.H3N/c1-3-10(13)11-9-6-8(12(14)15)5-4-7(9)2;1-3-10(13)12-9-6-8(11)5-4-7(9)2;2*1-5-2-3-6(9(10)11)4-7(5)8;1-2-3(4)5;;/h3-6H,1H2,2H3,(H,11,13);3-6H,1,11H2,2H3,(H,12,13);2-4H,1H3;2-4H,8H2,1H3;2H,1H2;1H4;1H3. The van der Waals surface area contributed by atoms with Crippen LogP contribution in [0.1, 0.15) is 29.7 Å². The number of carbonyl (C=O) groups is 3. The molecule has 0 aliphatic rings. The Morgan fingerprint density at radius 2 is 0.982 bits per heavy atom. The summed E-state index contributed by atoms with van der Waals surface area (Å²) in [6, 6.07) is 17.6. The lowest BCUT2D eigenvalue weighted by atomic mass is 10.2. The van der Waals surface area contributed by atoms with Gasteiger partial charge in [-0.2, -0.15) is 0 Å². The van der Waals surface area contributed by atoms with Crippen molar-refractivity contribution in [3.8, 4) is 0 Å². The number of nitrogens with two attached hydrogens (primary N) is 2. The molecule has 4 rings (SSSR count). The Balaban J connectivity index is -0.000000652. The molecule has 0 spiro atoms. The summed E-state index contributed by atoms with van der Waals surface area (Å²) in [4.78, 5) is 60.7. The second-order valence-electron chi connectivity index (χ2n) is 10.7. The molecule has 0 aliphatic heterocycles. The first-order chi connectivity index (χ1) is 25.7. The van der Waals surface area contributed by atoms with Crippen molar-refractivity contribution in [2.75, 3.05) is 22.1 Å². The van der Waals surface area contributed by atoms with E-state index in [1.807, 2.05) is 13.0 Å². The van der Waals surface area contributed by atoms with E-state index in [0.29, 0.717) is 22.6 Å². The Morgan fingerprint density at radius 1 is 0.632 bits per heavy atom. The highest BCUT2D eigenvalue weighted by Crippen LogP contribution is 2.22. The van der Waals surface area contributed by atoms with E-state index in [1.165, 1.54) is 42.5 Å². The maximum absolute atomic E-state index is 12.6. The van der Waals surface area contributed by atoms with Gasteiger partial charge in [0, 0.05) is 47.4 Å². The van der Waals surface area contributed by atoms with Crippen LogP contribution < -0.4 is 28.3 Å². The predicted molar refractivity (Wildman–Crippen MR) is 224 cm³/mol. The summed E-state index contributed by atoms with van der Waals surface area (Å²) in [5, 5.41) is 35.5. The molecule has 0 radical (unpaired) electrons. The van der Waals surface area contributed by atoms with Gasteiger partial charge in [0.2, 0.25) is 17.1 Å². The Labute approximate surface area is 333 Å². The zero-order chi connectivity index (χ0) is 42.4. The zero-order valence-electron chi connectivity index (χ0n) is 30.9. The van der Waals surface area contributed by atoms with Crippen LogP contribution in [0.4, 0.5) is 44.2 Å². The molecule has 0 aromatic heterocycles. The Hall–Kier alpha value is -7.31. The van der Waals surface area contributed by atoms with Gasteiger partial charge in [-0.05, 0) is 98.0 Å². The quantitative estimate of drug-likeness (QED) is 0.0366. The SMILES string of the molecule is C.C=CC(=O)Cl.C=CC(=O)Nc1cc(N)ccc1C.C=CC(=O)Nc1cc([N+](=O)[O-])ccc1C.Cc1ccc([N+](=O)[O-])cc1F.Cc1ccc([N+](=O)[O-])cc1N.N. The van der Waals surface area contributed by atoms with Crippen LogP contribution in [0.5, 0.6) is 0 Å². The third-order valence-corrected chi connectivity index (χ3v) is 6.73. The van der Waals surface area contributed by atoms with Crippen molar-refractivity contribution in [3.05, 3.63) is 169 Å². The lowest BCUT2D eigenvalue weighted by Gasteiger charge is -2.06. The topological polar surface area (TPSA) is 292 Å². The van der Waals surface area contributed by atoms with Gasteiger partial charge in [-0.3, -0.25) is 44.7 Å². The van der Waals surface area contributed by atoms with E-state index in [1.54, 1.807) is 45.0 Å². The number of nitrogens with one attached hydrogen (secondary N) is 2. The number of benzene rings is 4. The summed E-state index contributed by atoms with van der Waals surface area (Å²) in [6.45, 7) is 16.8. The van der Waals surface area contributed by atoms with E-state index >= 15 is 0 Å². The van der Waals surface area contributed by atoms with Crippen LogP contribution in [-0.4, -0.2) is 31.8 Å². The number of amides is 2. The molecular weight excluding hydrogens is 767 g/mol. The number of carbonyl (C=O) groups excluding carboxylic acids is 3. The molecule has 19 heteroatoms. The summed E-state index contributed by atoms with van der Waals surface area (Å²) in [7, 11) is 0. The smallest absolute Gasteiger partial charge is 0.272 e. The maximum Gasteiger partial charge on any atom is 0.272 e. The minimum Gasteiger partial charge on any atom is -0.399 e. The molecule has 306 valence electrons. The fraction of sp³-hybridized carbons (Fsp3) is 0.132. The van der Waals surface area contributed by atoms with Crippen LogP contribution in [0.15, 0.2) is 111 Å². The number of nitro benzene ring substituents is 3. The summed E-state index contributed by atoms with van der Waals surface area (Å²) in [5.41, 5.74) is 16.0. The number of allylic oxidation sites excluding steroid dienone is 1. The number of hydrogen-bond acceptors (Lipinski definition) is 12. The number of rotatable bonds is 8. The van der Waals surface area contributed by atoms with Crippen molar-refractivity contribution in [1.29, 1.82) is 0 Å². The number of aryl methyl sites for hydroxylation is 4. The number of nitrogens with zero attached hydrogens (tertiary/aromatic N) is 3. The average molecular weight is 813 g/mol. The fourth-order valence-electron chi connectivity index (χ4n) is 3.44. The van der Waals surface area contributed by atoms with Crippen LogP contribution in [0.2, 0.25) is 0 Å². The number of halogens is 2. The normalized spacial score (nSPS) is 8.88. The average Bonchev–Trinajstić information content (AvgIpc) is 3.13. The molecule has 0 atom stereocenters. The fourth-order valence-corrected chi connectivity index (χ4v) is 3.44. The van der Waals surface area contributed by atoms with Gasteiger partial charge in [-0.15, -0.1) is 0 Å².